The van der Waals surface area contributed by atoms with Crippen molar-refractivity contribution in [2.45, 2.75) is 58.4 Å². The van der Waals surface area contributed by atoms with Crippen LogP contribution in [0.3, 0.4) is 0 Å². The van der Waals surface area contributed by atoms with Crippen molar-refractivity contribution in [2.24, 2.45) is 4.99 Å². The van der Waals surface area contributed by atoms with Crippen molar-refractivity contribution in [3.8, 4) is 0 Å². The number of hydrogen-bond acceptors (Lipinski definition) is 5. The standard InChI is InChI=1S/C16H27N5O2/c1-3-5-7-9-21-15(19-13(16(21)22)8-6-4-2)12-10-17-11-18-14(12)20(21)23/h13,17-18H,3-11H2,1-2H3/q+2. The SMILES string of the molecule is CCCCC[N+]12C(=O)C(CCCC)N=C1C1=C(NCNC1)[N+]2=O. The van der Waals surface area contributed by atoms with Gasteiger partial charge in [-0.15, -0.1) is 0 Å². The molecule has 3 rings (SSSR count). The summed E-state index contributed by atoms with van der Waals surface area (Å²) in [6.45, 7) is 5.90. The van der Waals surface area contributed by atoms with E-state index in [1.807, 2.05) is 0 Å². The molecule has 3 heterocycles. The van der Waals surface area contributed by atoms with E-state index in [0.29, 0.717) is 31.4 Å². The highest BCUT2D eigenvalue weighted by Gasteiger charge is 2.68. The molecule has 0 aromatic carbocycles. The van der Waals surface area contributed by atoms with Crippen molar-refractivity contribution in [2.75, 3.05) is 19.8 Å². The lowest BCUT2D eigenvalue weighted by Gasteiger charge is -2.20. The van der Waals surface area contributed by atoms with Gasteiger partial charge in [0, 0.05) is 13.0 Å². The fourth-order valence-electron chi connectivity index (χ4n) is 3.67. The Labute approximate surface area is 137 Å². The number of nitrogens with zero attached hydrogens (tertiary/aromatic N) is 3. The molecular formula is C16H27N5O2+2. The van der Waals surface area contributed by atoms with Gasteiger partial charge in [0.1, 0.15) is 13.2 Å². The first kappa shape index (κ1) is 16.3. The number of rotatable bonds is 7. The summed E-state index contributed by atoms with van der Waals surface area (Å²) in [6.07, 6.45) is 5.67. The van der Waals surface area contributed by atoms with E-state index in [1.54, 1.807) is 0 Å². The summed E-state index contributed by atoms with van der Waals surface area (Å²) in [6, 6.07) is -0.362. The molecule has 7 heteroatoms. The van der Waals surface area contributed by atoms with Gasteiger partial charge in [0.2, 0.25) is 0 Å². The number of quaternary nitrogens is 1. The van der Waals surface area contributed by atoms with E-state index < -0.39 is 0 Å². The van der Waals surface area contributed by atoms with Crippen LogP contribution in [0.15, 0.2) is 16.4 Å². The summed E-state index contributed by atoms with van der Waals surface area (Å²) >= 11 is 0. The van der Waals surface area contributed by atoms with Crippen LogP contribution >= 0.6 is 0 Å². The van der Waals surface area contributed by atoms with Crippen LogP contribution in [0.25, 0.3) is 0 Å². The highest BCUT2D eigenvalue weighted by Crippen LogP contribution is 2.36. The Morgan fingerprint density at radius 1 is 1.26 bits per heavy atom. The summed E-state index contributed by atoms with van der Waals surface area (Å²) in [5, 5.41) is 6.30. The molecule has 0 bridgehead atoms. The Morgan fingerprint density at radius 3 is 2.78 bits per heavy atom. The third kappa shape index (κ3) is 2.42. The van der Waals surface area contributed by atoms with Crippen LogP contribution in [0.2, 0.25) is 0 Å². The molecular weight excluding hydrogens is 294 g/mol. The van der Waals surface area contributed by atoms with Gasteiger partial charge in [-0.25, -0.2) is 9.79 Å². The summed E-state index contributed by atoms with van der Waals surface area (Å²) < 4.78 is -0.242. The van der Waals surface area contributed by atoms with Crippen LogP contribution < -0.4 is 10.6 Å². The number of nitrogens with one attached hydrogen (secondary N) is 2. The fraction of sp³-hybridized carbons (Fsp3) is 0.750. The number of nitroso groups, excluding NO2 is 1. The minimum absolute atomic E-state index is 0.0456. The molecule has 2 atom stereocenters. The Kier molecular flexibility index (Phi) is 4.59. The Balaban J connectivity index is 1.95. The Bertz CT molecular complexity index is 583. The Morgan fingerprint density at radius 2 is 2.04 bits per heavy atom. The van der Waals surface area contributed by atoms with E-state index in [0.717, 1.165) is 49.0 Å². The van der Waals surface area contributed by atoms with E-state index in [2.05, 4.69) is 24.5 Å². The molecule has 0 aromatic rings. The molecule has 0 aliphatic carbocycles. The van der Waals surface area contributed by atoms with Crippen molar-refractivity contribution in [3.63, 3.8) is 0 Å². The van der Waals surface area contributed by atoms with Gasteiger partial charge in [0.15, 0.2) is 16.5 Å². The smallest absolute Gasteiger partial charge is 0.277 e. The van der Waals surface area contributed by atoms with Crippen molar-refractivity contribution >= 4 is 11.7 Å². The maximum absolute atomic E-state index is 13.1. The van der Waals surface area contributed by atoms with E-state index in [4.69, 9.17) is 4.99 Å². The summed E-state index contributed by atoms with van der Waals surface area (Å²) in [5.74, 6) is 1.16. The number of amidine groups is 1. The number of amides is 1. The van der Waals surface area contributed by atoms with Crippen LogP contribution in [0.5, 0.6) is 0 Å². The van der Waals surface area contributed by atoms with E-state index in [9.17, 15) is 9.70 Å². The zero-order valence-corrected chi connectivity index (χ0v) is 14.1. The van der Waals surface area contributed by atoms with Gasteiger partial charge in [-0.3, -0.25) is 10.6 Å². The molecule has 0 saturated heterocycles. The number of aliphatic imine (C=N–C) groups is 1. The molecule has 0 aromatic heterocycles. The van der Waals surface area contributed by atoms with Crippen LogP contribution in [0, 0.1) is 4.91 Å². The third-order valence-electron chi connectivity index (χ3n) is 4.93. The molecule has 2 unspecified atom stereocenters. The van der Waals surface area contributed by atoms with E-state index in [-0.39, 0.29) is 16.5 Å². The highest BCUT2D eigenvalue weighted by atomic mass is 16.4. The van der Waals surface area contributed by atoms with Crippen molar-refractivity contribution < 1.29 is 14.3 Å². The lowest BCUT2D eigenvalue weighted by molar-refractivity contribution is -1.22. The molecule has 0 spiro atoms. The molecule has 0 fully saturated rings. The van der Waals surface area contributed by atoms with Gasteiger partial charge >= 0.3 is 11.7 Å². The number of carbonyl (C=O) groups is 1. The lowest BCUT2D eigenvalue weighted by Crippen LogP contribution is -2.58. The molecule has 3 aliphatic rings. The highest BCUT2D eigenvalue weighted by molar-refractivity contribution is 6.05. The maximum Gasteiger partial charge on any atom is 0.389 e. The average molecular weight is 321 g/mol. The Hall–Kier alpha value is -1.60. The normalized spacial score (nSPS) is 29.5. The third-order valence-corrected chi connectivity index (χ3v) is 4.93. The van der Waals surface area contributed by atoms with Gasteiger partial charge in [0.05, 0.1) is 0 Å². The first-order chi connectivity index (χ1) is 11.2. The molecule has 0 saturated carbocycles. The molecule has 7 nitrogen and oxygen atoms in total. The van der Waals surface area contributed by atoms with Crippen molar-refractivity contribution in [1.82, 2.24) is 10.6 Å². The number of fused-ring (bicyclic) bond motifs is 2. The predicted molar refractivity (Wildman–Crippen MR) is 87.1 cm³/mol. The minimum atomic E-state index is -0.362. The fourth-order valence-corrected chi connectivity index (χ4v) is 3.67. The molecule has 0 radical (unpaired) electrons. The van der Waals surface area contributed by atoms with Crippen molar-refractivity contribution in [1.29, 1.82) is 0 Å². The largest absolute Gasteiger partial charge is 0.389 e. The second kappa shape index (κ2) is 6.49. The quantitative estimate of drug-likeness (QED) is 0.424. The van der Waals surface area contributed by atoms with Crippen molar-refractivity contribution in [3.05, 3.63) is 16.3 Å². The van der Waals surface area contributed by atoms with Gasteiger partial charge in [-0.2, -0.15) is 0 Å². The zero-order chi connectivity index (χ0) is 16.4. The molecule has 126 valence electrons. The molecule has 23 heavy (non-hydrogen) atoms. The number of unbranched alkanes of at least 4 members (excludes halogenated alkanes) is 3. The van der Waals surface area contributed by atoms with Crippen LogP contribution in [0.1, 0.15) is 52.4 Å². The minimum Gasteiger partial charge on any atom is -0.277 e. The van der Waals surface area contributed by atoms with Crippen LogP contribution in [0.4, 0.5) is 0 Å². The second-order valence-corrected chi connectivity index (χ2v) is 6.53. The number of carbonyl (C=O) groups excluding carboxylic acids is 1. The van der Waals surface area contributed by atoms with E-state index >= 15 is 0 Å². The first-order valence-corrected chi connectivity index (χ1v) is 8.83. The summed E-state index contributed by atoms with van der Waals surface area (Å²) in [7, 11) is 0. The zero-order valence-electron chi connectivity index (χ0n) is 14.1. The molecule has 1 amide bonds. The second-order valence-electron chi connectivity index (χ2n) is 6.53. The maximum atomic E-state index is 13.1. The van der Waals surface area contributed by atoms with Crippen LogP contribution in [-0.2, 0) is 4.79 Å². The summed E-state index contributed by atoms with van der Waals surface area (Å²) in [4.78, 5) is 31.7. The monoisotopic (exact) mass is 321 g/mol. The van der Waals surface area contributed by atoms with Gasteiger partial charge in [0.25, 0.3) is 5.84 Å². The predicted octanol–water partition coefficient (Wildman–Crippen LogP) is 1.56. The van der Waals surface area contributed by atoms with Gasteiger partial charge in [-0.05, 0) is 22.3 Å². The first-order valence-electron chi connectivity index (χ1n) is 8.83. The number of hydrogen-bond donors (Lipinski definition) is 2. The lowest BCUT2D eigenvalue weighted by atomic mass is 10.1. The van der Waals surface area contributed by atoms with E-state index in [1.165, 1.54) is 0 Å². The molecule has 3 aliphatic heterocycles. The topological polar surface area (TPSA) is 73.6 Å². The molecule has 2 N–H and O–H groups in total. The average Bonchev–Trinajstić information content (AvgIpc) is 2.98. The van der Waals surface area contributed by atoms with Gasteiger partial charge in [-0.1, -0.05) is 33.1 Å². The van der Waals surface area contributed by atoms with Gasteiger partial charge < -0.3 is 0 Å². The van der Waals surface area contributed by atoms with Crippen LogP contribution in [-0.4, -0.2) is 47.0 Å². The summed E-state index contributed by atoms with van der Waals surface area (Å²) in [5.41, 5.74) is 0.870.